The molecule has 1 unspecified atom stereocenters. The molecule has 1 aromatic heterocycles. The van der Waals surface area contributed by atoms with E-state index in [0.717, 1.165) is 34.4 Å². The summed E-state index contributed by atoms with van der Waals surface area (Å²) in [4.78, 5) is 17.9. The van der Waals surface area contributed by atoms with E-state index in [9.17, 15) is 9.90 Å². The predicted molar refractivity (Wildman–Crippen MR) is 129 cm³/mol. The number of fused-ring (bicyclic) bond motifs is 1. The monoisotopic (exact) mass is 455 g/mol. The standard InChI is InChI=1S/C26H34ClN3O2/c1-28-15-20(31)4-2-19-3-5-21-23(29-19)7-6-22(27)25(21)30-24(32)14-26-11-16-8-17(12-26)10-18(9-16)13-26/h3,5-7,16-18,20,28,31H,2,4,8-15H2,1H3,(H,30,32). The maximum absolute atomic E-state index is 13.2. The van der Waals surface area contributed by atoms with Gasteiger partial charge in [0.15, 0.2) is 0 Å². The minimum atomic E-state index is -0.387. The zero-order valence-corrected chi connectivity index (χ0v) is 19.6. The first kappa shape index (κ1) is 22.1. The molecule has 6 heteroatoms. The number of anilines is 1. The van der Waals surface area contributed by atoms with E-state index in [1.807, 2.05) is 31.3 Å². The third-order valence-electron chi connectivity index (χ3n) is 8.02. The molecule has 0 saturated heterocycles. The first-order valence-corrected chi connectivity index (χ1v) is 12.5. The summed E-state index contributed by atoms with van der Waals surface area (Å²) in [7, 11) is 1.83. The number of carbonyl (C=O) groups is 1. The molecule has 4 fully saturated rings. The molecule has 3 N–H and O–H groups in total. The van der Waals surface area contributed by atoms with Crippen LogP contribution in [0.3, 0.4) is 0 Å². The van der Waals surface area contributed by atoms with Crippen LogP contribution in [0.2, 0.25) is 5.02 Å². The number of rotatable bonds is 8. The van der Waals surface area contributed by atoms with Crippen molar-refractivity contribution in [2.75, 3.05) is 18.9 Å². The highest BCUT2D eigenvalue weighted by Crippen LogP contribution is 2.61. The summed E-state index contributed by atoms with van der Waals surface area (Å²) < 4.78 is 0. The average Bonchev–Trinajstić information content (AvgIpc) is 2.73. The van der Waals surface area contributed by atoms with Crippen molar-refractivity contribution in [3.63, 3.8) is 0 Å². The predicted octanol–water partition coefficient (Wildman–Crippen LogP) is 4.95. The first-order valence-electron chi connectivity index (χ1n) is 12.1. The Labute approximate surface area is 195 Å². The SMILES string of the molecule is CNCC(O)CCc1ccc2c(NC(=O)CC34CC5CC(CC(C5)C3)C4)c(Cl)ccc2n1. The molecule has 32 heavy (non-hydrogen) atoms. The molecule has 2 aromatic rings. The van der Waals surface area contributed by atoms with Crippen molar-refractivity contribution < 1.29 is 9.90 Å². The van der Waals surface area contributed by atoms with Gasteiger partial charge in [0.1, 0.15) is 0 Å². The van der Waals surface area contributed by atoms with Crippen LogP contribution in [0, 0.1) is 23.2 Å². The Bertz CT molecular complexity index is 973. The van der Waals surface area contributed by atoms with Gasteiger partial charge >= 0.3 is 0 Å². The molecular formula is C26H34ClN3O2. The Morgan fingerprint density at radius 3 is 2.50 bits per heavy atom. The highest BCUT2D eigenvalue weighted by Gasteiger charge is 2.51. The van der Waals surface area contributed by atoms with E-state index in [-0.39, 0.29) is 17.4 Å². The lowest BCUT2D eigenvalue weighted by molar-refractivity contribution is -0.124. The molecule has 172 valence electrons. The van der Waals surface area contributed by atoms with Crippen LogP contribution >= 0.6 is 11.6 Å². The number of benzene rings is 1. The number of hydrogen-bond acceptors (Lipinski definition) is 4. The van der Waals surface area contributed by atoms with Gasteiger partial charge in [0.05, 0.1) is 22.3 Å². The van der Waals surface area contributed by atoms with Gasteiger partial charge in [-0.3, -0.25) is 9.78 Å². The Kier molecular flexibility index (Phi) is 6.17. The van der Waals surface area contributed by atoms with Gasteiger partial charge < -0.3 is 15.7 Å². The van der Waals surface area contributed by atoms with Crippen LogP contribution in [0.15, 0.2) is 24.3 Å². The number of aryl methyl sites for hydroxylation is 1. The fraction of sp³-hybridized carbons (Fsp3) is 0.615. The van der Waals surface area contributed by atoms with Gasteiger partial charge in [-0.1, -0.05) is 11.6 Å². The highest BCUT2D eigenvalue weighted by molar-refractivity contribution is 6.35. The number of carbonyl (C=O) groups excluding carboxylic acids is 1. The summed E-state index contributed by atoms with van der Waals surface area (Å²) in [6, 6.07) is 7.69. The van der Waals surface area contributed by atoms with Crippen LogP contribution < -0.4 is 10.6 Å². The molecule has 6 rings (SSSR count). The lowest BCUT2D eigenvalue weighted by atomic mass is 9.49. The van der Waals surface area contributed by atoms with Gasteiger partial charge in [-0.2, -0.15) is 0 Å². The summed E-state index contributed by atoms with van der Waals surface area (Å²) in [6.45, 7) is 0.573. The van der Waals surface area contributed by atoms with Gasteiger partial charge in [0, 0.05) is 24.0 Å². The topological polar surface area (TPSA) is 74.2 Å². The molecule has 1 amide bonds. The number of aliphatic hydroxyl groups excluding tert-OH is 1. The van der Waals surface area contributed by atoms with Gasteiger partial charge in [-0.15, -0.1) is 0 Å². The number of pyridine rings is 1. The van der Waals surface area contributed by atoms with E-state index >= 15 is 0 Å². The second-order valence-electron chi connectivity index (χ2n) is 10.7. The summed E-state index contributed by atoms with van der Waals surface area (Å²) in [5.74, 6) is 2.60. The molecule has 4 bridgehead atoms. The number of likely N-dealkylation sites (N-methyl/N-ethyl adjacent to an activating group) is 1. The number of halogens is 1. The molecule has 0 spiro atoms. The van der Waals surface area contributed by atoms with E-state index in [1.54, 1.807) is 0 Å². The second kappa shape index (κ2) is 8.92. The molecule has 1 heterocycles. The van der Waals surface area contributed by atoms with Crippen LogP contribution in [0.1, 0.15) is 57.1 Å². The highest BCUT2D eigenvalue weighted by atomic mass is 35.5. The number of hydrogen-bond donors (Lipinski definition) is 3. The number of nitrogens with one attached hydrogen (secondary N) is 2. The van der Waals surface area contributed by atoms with Crippen LogP contribution in [0.4, 0.5) is 5.69 Å². The van der Waals surface area contributed by atoms with E-state index < -0.39 is 0 Å². The normalized spacial score (nSPS) is 29.4. The third-order valence-corrected chi connectivity index (χ3v) is 8.33. The van der Waals surface area contributed by atoms with Crippen LogP contribution in [-0.4, -0.2) is 35.7 Å². The first-order chi connectivity index (χ1) is 15.4. The summed E-state index contributed by atoms with van der Waals surface area (Å²) in [6.07, 6.45) is 9.40. The van der Waals surface area contributed by atoms with Crippen LogP contribution in [-0.2, 0) is 11.2 Å². The summed E-state index contributed by atoms with van der Waals surface area (Å²) in [5.41, 5.74) is 2.63. The molecule has 1 aromatic carbocycles. The average molecular weight is 456 g/mol. The van der Waals surface area contributed by atoms with Crippen molar-refractivity contribution in [3.05, 3.63) is 35.0 Å². The lowest BCUT2D eigenvalue weighted by Gasteiger charge is -2.56. The van der Waals surface area contributed by atoms with E-state index in [1.165, 1.54) is 38.5 Å². The zero-order chi connectivity index (χ0) is 22.3. The fourth-order valence-electron chi connectivity index (χ4n) is 7.17. The third kappa shape index (κ3) is 4.52. The van der Waals surface area contributed by atoms with Crippen LogP contribution in [0.25, 0.3) is 10.9 Å². The van der Waals surface area contributed by atoms with Crippen molar-refractivity contribution in [1.82, 2.24) is 10.3 Å². The Balaban J connectivity index is 1.30. The number of nitrogens with zero attached hydrogens (tertiary/aromatic N) is 1. The zero-order valence-electron chi connectivity index (χ0n) is 18.9. The van der Waals surface area contributed by atoms with Crippen molar-refractivity contribution in [2.24, 2.45) is 23.2 Å². The van der Waals surface area contributed by atoms with E-state index in [0.29, 0.717) is 36.5 Å². The minimum Gasteiger partial charge on any atom is -0.392 e. The largest absolute Gasteiger partial charge is 0.392 e. The van der Waals surface area contributed by atoms with E-state index in [2.05, 4.69) is 10.6 Å². The molecule has 1 atom stereocenters. The van der Waals surface area contributed by atoms with Gasteiger partial charge in [0.2, 0.25) is 5.91 Å². The summed E-state index contributed by atoms with van der Waals surface area (Å²) >= 11 is 6.52. The molecule has 4 aliphatic carbocycles. The number of aliphatic hydroxyl groups is 1. The fourth-order valence-corrected chi connectivity index (χ4v) is 7.38. The Morgan fingerprint density at radius 1 is 1.16 bits per heavy atom. The quantitative estimate of drug-likeness (QED) is 0.526. The smallest absolute Gasteiger partial charge is 0.224 e. The molecule has 0 aliphatic heterocycles. The molecule has 4 saturated carbocycles. The number of aromatic nitrogens is 1. The van der Waals surface area contributed by atoms with Crippen molar-refractivity contribution in [2.45, 2.75) is 63.9 Å². The number of amides is 1. The Hall–Kier alpha value is -1.69. The maximum atomic E-state index is 13.2. The second-order valence-corrected chi connectivity index (χ2v) is 11.1. The van der Waals surface area contributed by atoms with Gasteiger partial charge in [0.25, 0.3) is 0 Å². The summed E-state index contributed by atoms with van der Waals surface area (Å²) in [5, 5.41) is 17.5. The Morgan fingerprint density at radius 2 is 1.84 bits per heavy atom. The van der Waals surface area contributed by atoms with Gasteiger partial charge in [-0.05, 0) is 106 Å². The molecule has 0 radical (unpaired) electrons. The maximum Gasteiger partial charge on any atom is 0.224 e. The molecular weight excluding hydrogens is 422 g/mol. The van der Waals surface area contributed by atoms with Crippen molar-refractivity contribution in [3.8, 4) is 0 Å². The molecule has 5 nitrogen and oxygen atoms in total. The lowest BCUT2D eigenvalue weighted by Crippen LogP contribution is -2.47. The van der Waals surface area contributed by atoms with E-state index in [4.69, 9.17) is 16.6 Å². The van der Waals surface area contributed by atoms with Gasteiger partial charge in [-0.25, -0.2) is 0 Å². The van der Waals surface area contributed by atoms with Crippen LogP contribution in [0.5, 0.6) is 0 Å². The van der Waals surface area contributed by atoms with Crippen molar-refractivity contribution in [1.29, 1.82) is 0 Å². The van der Waals surface area contributed by atoms with Crippen molar-refractivity contribution >= 4 is 34.1 Å². The molecule has 4 aliphatic rings. The minimum absolute atomic E-state index is 0.0839.